The fraction of sp³-hybridized carbons (Fsp3) is 0.500. The minimum Gasteiger partial charge on any atom is -0.341 e. The van der Waals surface area contributed by atoms with Crippen LogP contribution in [-0.2, 0) is 11.3 Å². The first-order valence-electron chi connectivity index (χ1n) is 7.90. The van der Waals surface area contributed by atoms with Gasteiger partial charge in [0.25, 0.3) is 0 Å². The van der Waals surface area contributed by atoms with Crippen LogP contribution in [0.25, 0.3) is 5.69 Å². The Kier molecular flexibility index (Phi) is 4.27. The van der Waals surface area contributed by atoms with Gasteiger partial charge >= 0.3 is 5.69 Å². The van der Waals surface area contributed by atoms with E-state index in [4.69, 9.17) is 0 Å². The van der Waals surface area contributed by atoms with Gasteiger partial charge in [-0.25, -0.2) is 4.79 Å². The number of carbonyl (C=O) groups excluding carboxylic acids is 1. The average Bonchev–Trinajstić information content (AvgIpc) is 2.88. The molecule has 1 aromatic carbocycles. The van der Waals surface area contributed by atoms with Crippen LogP contribution in [0.1, 0.15) is 20.3 Å². The Hall–Kier alpha value is -2.44. The summed E-state index contributed by atoms with van der Waals surface area (Å²) in [5.74, 6) is 0.893. The standard InChI is InChI=1S/C16H21N5O2/c1-12-8-13(2)10-19(9-12)15(22)11-20-16(23)21(18-17-20)14-6-4-3-5-7-14/h3-7,12-13H,8-11H2,1-2H3/t12-,13+. The van der Waals surface area contributed by atoms with Gasteiger partial charge in [0, 0.05) is 13.1 Å². The lowest BCUT2D eigenvalue weighted by Gasteiger charge is -2.34. The summed E-state index contributed by atoms with van der Waals surface area (Å²) in [5, 5.41) is 7.70. The van der Waals surface area contributed by atoms with Crippen LogP contribution in [0.4, 0.5) is 0 Å². The maximum Gasteiger partial charge on any atom is 0.368 e. The van der Waals surface area contributed by atoms with Crippen molar-refractivity contribution in [2.24, 2.45) is 11.8 Å². The Morgan fingerprint density at radius 2 is 1.78 bits per heavy atom. The third-order valence-electron chi connectivity index (χ3n) is 4.15. The van der Waals surface area contributed by atoms with Crippen LogP contribution < -0.4 is 5.69 Å². The monoisotopic (exact) mass is 315 g/mol. The number of hydrogen-bond donors (Lipinski definition) is 0. The molecule has 2 atom stereocenters. The summed E-state index contributed by atoms with van der Waals surface area (Å²) < 4.78 is 2.33. The van der Waals surface area contributed by atoms with Crippen molar-refractivity contribution in [1.29, 1.82) is 0 Å². The summed E-state index contributed by atoms with van der Waals surface area (Å²) in [5.41, 5.74) is 0.235. The SMILES string of the molecule is C[C@@H]1C[C@H](C)CN(C(=O)Cn2nnn(-c3ccccc3)c2=O)C1. The van der Waals surface area contributed by atoms with E-state index in [-0.39, 0.29) is 12.5 Å². The Bertz CT molecular complexity index is 726. The molecule has 1 saturated heterocycles. The van der Waals surface area contributed by atoms with Gasteiger partial charge in [0.2, 0.25) is 5.91 Å². The molecule has 3 rings (SSSR count). The van der Waals surface area contributed by atoms with Crippen LogP contribution in [-0.4, -0.2) is 43.7 Å². The molecule has 7 heteroatoms. The van der Waals surface area contributed by atoms with Crippen LogP contribution in [0, 0.1) is 11.8 Å². The highest BCUT2D eigenvalue weighted by molar-refractivity contribution is 5.76. The largest absolute Gasteiger partial charge is 0.368 e. The second kappa shape index (κ2) is 6.36. The van der Waals surface area contributed by atoms with Gasteiger partial charge in [0.15, 0.2) is 0 Å². The van der Waals surface area contributed by atoms with Gasteiger partial charge in [-0.05, 0) is 40.8 Å². The summed E-state index contributed by atoms with van der Waals surface area (Å²) >= 11 is 0. The zero-order valence-electron chi connectivity index (χ0n) is 13.4. The molecule has 0 saturated carbocycles. The summed E-state index contributed by atoms with van der Waals surface area (Å²) in [4.78, 5) is 26.6. The Labute approximate surface area is 134 Å². The quantitative estimate of drug-likeness (QED) is 0.845. The molecule has 23 heavy (non-hydrogen) atoms. The third kappa shape index (κ3) is 3.33. The fourth-order valence-electron chi connectivity index (χ4n) is 3.20. The van der Waals surface area contributed by atoms with Crippen molar-refractivity contribution in [1.82, 2.24) is 24.7 Å². The molecule has 7 nitrogen and oxygen atoms in total. The number of rotatable bonds is 3. The molecular weight excluding hydrogens is 294 g/mol. The van der Waals surface area contributed by atoms with Crippen LogP contribution >= 0.6 is 0 Å². The van der Waals surface area contributed by atoms with E-state index in [1.807, 2.05) is 23.1 Å². The zero-order valence-corrected chi connectivity index (χ0v) is 13.4. The molecule has 0 bridgehead atoms. The summed E-state index contributed by atoms with van der Waals surface area (Å²) in [6, 6.07) is 9.05. The highest BCUT2D eigenvalue weighted by Gasteiger charge is 2.26. The number of tetrazole rings is 1. The highest BCUT2D eigenvalue weighted by atomic mass is 16.2. The molecule has 0 aliphatic carbocycles. The molecule has 2 heterocycles. The number of nitrogens with zero attached hydrogens (tertiary/aromatic N) is 5. The van der Waals surface area contributed by atoms with Gasteiger partial charge < -0.3 is 4.90 Å². The molecule has 1 aliphatic rings. The molecule has 0 N–H and O–H groups in total. The molecule has 0 radical (unpaired) electrons. The maximum absolute atomic E-state index is 12.4. The van der Waals surface area contributed by atoms with E-state index in [1.54, 1.807) is 12.1 Å². The number of likely N-dealkylation sites (tertiary alicyclic amines) is 1. The van der Waals surface area contributed by atoms with Crippen LogP contribution in [0.3, 0.4) is 0 Å². The molecule has 1 aromatic heterocycles. The van der Waals surface area contributed by atoms with Crippen molar-refractivity contribution >= 4 is 5.91 Å². The van der Waals surface area contributed by atoms with Crippen molar-refractivity contribution in [3.8, 4) is 5.69 Å². The van der Waals surface area contributed by atoms with Crippen molar-refractivity contribution in [3.05, 3.63) is 40.8 Å². The van der Waals surface area contributed by atoms with E-state index in [1.165, 1.54) is 4.68 Å². The summed E-state index contributed by atoms with van der Waals surface area (Å²) in [6.07, 6.45) is 1.13. The van der Waals surface area contributed by atoms with Gasteiger partial charge in [0.05, 0.1) is 5.69 Å². The highest BCUT2D eigenvalue weighted by Crippen LogP contribution is 2.20. The first kappa shape index (κ1) is 15.5. The minimum absolute atomic E-state index is 0.0644. The number of piperidine rings is 1. The van der Waals surface area contributed by atoms with E-state index in [9.17, 15) is 9.59 Å². The molecule has 1 amide bonds. The topological polar surface area (TPSA) is 73.0 Å². The third-order valence-corrected chi connectivity index (χ3v) is 4.15. The van der Waals surface area contributed by atoms with E-state index in [0.717, 1.165) is 24.2 Å². The first-order chi connectivity index (χ1) is 11.0. The first-order valence-corrected chi connectivity index (χ1v) is 7.90. The number of aromatic nitrogens is 4. The van der Waals surface area contributed by atoms with E-state index >= 15 is 0 Å². The van der Waals surface area contributed by atoms with E-state index < -0.39 is 5.69 Å². The van der Waals surface area contributed by atoms with Gasteiger partial charge in [-0.1, -0.05) is 32.0 Å². The van der Waals surface area contributed by atoms with Crippen LogP contribution in [0.15, 0.2) is 35.1 Å². The lowest BCUT2D eigenvalue weighted by atomic mass is 9.92. The minimum atomic E-state index is -0.400. The van der Waals surface area contributed by atoms with Crippen LogP contribution in [0.5, 0.6) is 0 Å². The lowest BCUT2D eigenvalue weighted by Crippen LogP contribution is -2.45. The average molecular weight is 315 g/mol. The number of hydrogen-bond acceptors (Lipinski definition) is 4. The molecule has 0 unspecified atom stereocenters. The number of carbonyl (C=O) groups is 1. The summed E-state index contributed by atoms with van der Waals surface area (Å²) in [6.45, 7) is 5.71. The number of para-hydroxylation sites is 1. The van der Waals surface area contributed by atoms with Gasteiger partial charge in [-0.3, -0.25) is 4.79 Å². The molecule has 122 valence electrons. The van der Waals surface area contributed by atoms with Gasteiger partial charge in [-0.15, -0.1) is 0 Å². The fourth-order valence-corrected chi connectivity index (χ4v) is 3.20. The van der Waals surface area contributed by atoms with Crippen LogP contribution in [0.2, 0.25) is 0 Å². The molecule has 1 fully saturated rings. The lowest BCUT2D eigenvalue weighted by molar-refractivity contribution is -0.134. The number of amides is 1. The zero-order chi connectivity index (χ0) is 16.4. The maximum atomic E-state index is 12.4. The second-order valence-corrected chi connectivity index (χ2v) is 6.41. The molecular formula is C16H21N5O2. The predicted molar refractivity (Wildman–Crippen MR) is 85.1 cm³/mol. The summed E-state index contributed by atoms with van der Waals surface area (Å²) in [7, 11) is 0. The van der Waals surface area contributed by atoms with Crippen molar-refractivity contribution < 1.29 is 4.79 Å². The Morgan fingerprint density at radius 3 is 2.43 bits per heavy atom. The van der Waals surface area contributed by atoms with Crippen molar-refractivity contribution in [3.63, 3.8) is 0 Å². The predicted octanol–water partition coefficient (Wildman–Crippen LogP) is 0.933. The Balaban J connectivity index is 1.75. The Morgan fingerprint density at radius 1 is 1.13 bits per heavy atom. The number of benzene rings is 1. The van der Waals surface area contributed by atoms with Crippen molar-refractivity contribution in [2.45, 2.75) is 26.8 Å². The normalized spacial score (nSPS) is 21.4. The van der Waals surface area contributed by atoms with Gasteiger partial charge in [0.1, 0.15) is 6.54 Å². The van der Waals surface area contributed by atoms with E-state index in [2.05, 4.69) is 24.3 Å². The second-order valence-electron chi connectivity index (χ2n) is 6.41. The van der Waals surface area contributed by atoms with E-state index in [0.29, 0.717) is 17.5 Å². The van der Waals surface area contributed by atoms with Gasteiger partial charge in [-0.2, -0.15) is 9.36 Å². The molecule has 0 spiro atoms. The molecule has 1 aliphatic heterocycles. The van der Waals surface area contributed by atoms with Crippen molar-refractivity contribution in [2.75, 3.05) is 13.1 Å². The smallest absolute Gasteiger partial charge is 0.341 e. The molecule has 2 aromatic rings.